The van der Waals surface area contributed by atoms with Gasteiger partial charge in [-0.2, -0.15) is 18.2 Å². The Bertz CT molecular complexity index is 654. The number of halogens is 4. The van der Waals surface area contributed by atoms with Crippen LogP contribution in [0.25, 0.3) is 0 Å². The van der Waals surface area contributed by atoms with E-state index >= 15 is 0 Å². The maximum absolute atomic E-state index is 12.5. The number of ether oxygens (including phenoxy) is 1. The molecule has 1 heterocycles. The summed E-state index contributed by atoms with van der Waals surface area (Å²) in [6.45, 7) is 0. The average Bonchev–Trinajstić information content (AvgIpc) is 3.21. The SMILES string of the molecule is FC(F)(F)c1ccc(Oc2cc(Cl)nc(C3CC3)n2)cc1. The van der Waals surface area contributed by atoms with Gasteiger partial charge in [0.25, 0.3) is 0 Å². The summed E-state index contributed by atoms with van der Waals surface area (Å²) in [6.07, 6.45) is -2.34. The minimum absolute atomic E-state index is 0.233. The van der Waals surface area contributed by atoms with Crippen LogP contribution in [0.1, 0.15) is 30.1 Å². The van der Waals surface area contributed by atoms with Gasteiger partial charge in [0.2, 0.25) is 5.88 Å². The summed E-state index contributed by atoms with van der Waals surface area (Å²) < 4.78 is 42.9. The molecule has 0 amide bonds. The molecule has 0 N–H and O–H groups in total. The van der Waals surface area contributed by atoms with Gasteiger partial charge in [0.15, 0.2) is 0 Å². The van der Waals surface area contributed by atoms with E-state index < -0.39 is 11.7 Å². The van der Waals surface area contributed by atoms with E-state index in [1.54, 1.807) is 0 Å². The van der Waals surface area contributed by atoms with Gasteiger partial charge in [-0.1, -0.05) is 11.6 Å². The van der Waals surface area contributed by atoms with Gasteiger partial charge in [-0.25, -0.2) is 4.98 Å². The Balaban J connectivity index is 1.80. The maximum atomic E-state index is 12.5. The summed E-state index contributed by atoms with van der Waals surface area (Å²) in [4.78, 5) is 8.33. The van der Waals surface area contributed by atoms with Gasteiger partial charge in [-0.3, -0.25) is 0 Å². The molecule has 1 aliphatic rings. The first kappa shape index (κ1) is 14.1. The van der Waals surface area contributed by atoms with Crippen LogP contribution < -0.4 is 4.74 Å². The molecule has 1 aromatic heterocycles. The van der Waals surface area contributed by atoms with Crippen LogP contribution in [0.3, 0.4) is 0 Å². The van der Waals surface area contributed by atoms with Crippen molar-refractivity contribution in [3.8, 4) is 11.6 Å². The van der Waals surface area contributed by atoms with Crippen LogP contribution in [0.2, 0.25) is 5.15 Å². The first-order valence-corrected chi connectivity index (χ1v) is 6.69. The van der Waals surface area contributed by atoms with Gasteiger partial charge in [0.1, 0.15) is 16.7 Å². The molecule has 21 heavy (non-hydrogen) atoms. The van der Waals surface area contributed by atoms with Crippen molar-refractivity contribution in [3.63, 3.8) is 0 Å². The van der Waals surface area contributed by atoms with Crippen molar-refractivity contribution in [2.24, 2.45) is 0 Å². The predicted octanol–water partition coefficient (Wildman–Crippen LogP) is 4.82. The molecule has 2 aromatic rings. The van der Waals surface area contributed by atoms with Crippen LogP contribution in [0, 0.1) is 0 Å². The topological polar surface area (TPSA) is 35.0 Å². The highest BCUT2D eigenvalue weighted by Crippen LogP contribution is 2.39. The lowest BCUT2D eigenvalue weighted by molar-refractivity contribution is -0.137. The minimum atomic E-state index is -4.37. The normalized spacial score (nSPS) is 15.0. The summed E-state index contributed by atoms with van der Waals surface area (Å²) >= 11 is 5.89. The number of hydrogen-bond acceptors (Lipinski definition) is 3. The molecule has 3 rings (SSSR count). The van der Waals surface area contributed by atoms with Gasteiger partial charge < -0.3 is 4.74 Å². The fourth-order valence-corrected chi connectivity index (χ4v) is 2.00. The van der Waals surface area contributed by atoms with Crippen molar-refractivity contribution in [1.29, 1.82) is 0 Å². The first-order chi connectivity index (χ1) is 9.91. The van der Waals surface area contributed by atoms with Crippen molar-refractivity contribution in [3.05, 3.63) is 46.9 Å². The monoisotopic (exact) mass is 314 g/mol. The van der Waals surface area contributed by atoms with Crippen LogP contribution >= 0.6 is 11.6 Å². The third kappa shape index (κ3) is 3.44. The quantitative estimate of drug-likeness (QED) is 0.762. The van der Waals surface area contributed by atoms with Crippen LogP contribution in [0.4, 0.5) is 13.2 Å². The van der Waals surface area contributed by atoms with E-state index in [4.69, 9.17) is 16.3 Å². The Hall–Kier alpha value is -1.82. The average molecular weight is 315 g/mol. The summed E-state index contributed by atoms with van der Waals surface area (Å²) in [7, 11) is 0. The molecule has 0 aliphatic heterocycles. The Morgan fingerprint density at radius 1 is 1.10 bits per heavy atom. The number of aromatic nitrogens is 2. The molecular weight excluding hydrogens is 305 g/mol. The fraction of sp³-hybridized carbons (Fsp3) is 0.286. The molecule has 1 fully saturated rings. The lowest BCUT2D eigenvalue weighted by atomic mass is 10.2. The molecular formula is C14H10ClF3N2O. The highest BCUT2D eigenvalue weighted by atomic mass is 35.5. The molecule has 110 valence electrons. The van der Waals surface area contributed by atoms with E-state index in [0.29, 0.717) is 11.7 Å². The Kier molecular flexibility index (Phi) is 3.49. The molecule has 7 heteroatoms. The molecule has 1 aliphatic carbocycles. The Labute approximate surface area is 123 Å². The van der Waals surface area contributed by atoms with Crippen molar-refractivity contribution >= 4 is 11.6 Å². The number of benzene rings is 1. The predicted molar refractivity (Wildman–Crippen MR) is 70.5 cm³/mol. The van der Waals surface area contributed by atoms with Crippen molar-refractivity contribution in [2.45, 2.75) is 24.9 Å². The van der Waals surface area contributed by atoms with E-state index in [2.05, 4.69) is 9.97 Å². The number of rotatable bonds is 3. The smallest absolute Gasteiger partial charge is 0.416 e. The second kappa shape index (κ2) is 5.18. The standard InChI is InChI=1S/C14H10ClF3N2O/c15-11-7-12(20-13(19-11)8-1-2-8)21-10-5-3-9(4-6-10)14(16,17)18/h3-8H,1-2H2. The summed E-state index contributed by atoms with van der Waals surface area (Å²) in [6, 6.07) is 5.84. The second-order valence-electron chi connectivity index (χ2n) is 4.79. The van der Waals surface area contributed by atoms with Crippen LogP contribution in [0.5, 0.6) is 11.6 Å². The molecule has 3 nitrogen and oxygen atoms in total. The fourth-order valence-electron chi connectivity index (χ4n) is 1.82. The lowest BCUT2D eigenvalue weighted by Gasteiger charge is -2.09. The van der Waals surface area contributed by atoms with Gasteiger partial charge in [0.05, 0.1) is 5.56 Å². The largest absolute Gasteiger partial charge is 0.439 e. The zero-order valence-electron chi connectivity index (χ0n) is 10.7. The summed E-state index contributed by atoms with van der Waals surface area (Å²) in [5.41, 5.74) is -0.728. The molecule has 0 radical (unpaired) electrons. The summed E-state index contributed by atoms with van der Waals surface area (Å²) in [5.74, 6) is 1.42. The molecule has 0 spiro atoms. The van der Waals surface area contributed by atoms with E-state index in [1.165, 1.54) is 18.2 Å². The molecule has 0 unspecified atom stereocenters. The highest BCUT2D eigenvalue weighted by molar-refractivity contribution is 6.29. The van der Waals surface area contributed by atoms with Crippen molar-refractivity contribution in [2.75, 3.05) is 0 Å². The zero-order valence-corrected chi connectivity index (χ0v) is 11.4. The Morgan fingerprint density at radius 2 is 1.76 bits per heavy atom. The van der Waals surface area contributed by atoms with Crippen LogP contribution in [0.15, 0.2) is 30.3 Å². The third-order valence-corrected chi connectivity index (χ3v) is 3.23. The third-order valence-electron chi connectivity index (χ3n) is 3.04. The molecule has 1 aromatic carbocycles. The minimum Gasteiger partial charge on any atom is -0.439 e. The lowest BCUT2D eigenvalue weighted by Crippen LogP contribution is -2.04. The number of nitrogens with zero attached hydrogens (tertiary/aromatic N) is 2. The van der Waals surface area contributed by atoms with Gasteiger partial charge in [-0.15, -0.1) is 0 Å². The number of alkyl halides is 3. The maximum Gasteiger partial charge on any atom is 0.416 e. The van der Waals surface area contributed by atoms with E-state index in [1.807, 2.05) is 0 Å². The molecule has 0 saturated heterocycles. The molecule has 0 atom stereocenters. The number of hydrogen-bond donors (Lipinski definition) is 0. The van der Waals surface area contributed by atoms with E-state index in [-0.39, 0.29) is 16.8 Å². The second-order valence-corrected chi connectivity index (χ2v) is 5.17. The van der Waals surface area contributed by atoms with Crippen LogP contribution in [-0.2, 0) is 6.18 Å². The van der Waals surface area contributed by atoms with E-state index in [0.717, 1.165) is 25.0 Å². The van der Waals surface area contributed by atoms with Crippen molar-refractivity contribution in [1.82, 2.24) is 9.97 Å². The zero-order chi connectivity index (χ0) is 15.0. The molecule has 0 bridgehead atoms. The first-order valence-electron chi connectivity index (χ1n) is 6.31. The Morgan fingerprint density at radius 3 is 2.33 bits per heavy atom. The summed E-state index contributed by atoms with van der Waals surface area (Å²) in [5, 5.41) is 0.258. The molecule has 1 saturated carbocycles. The van der Waals surface area contributed by atoms with Gasteiger partial charge >= 0.3 is 6.18 Å². The van der Waals surface area contributed by atoms with E-state index in [9.17, 15) is 13.2 Å². The van der Waals surface area contributed by atoms with Crippen molar-refractivity contribution < 1.29 is 17.9 Å². The highest BCUT2D eigenvalue weighted by Gasteiger charge is 2.30. The van der Waals surface area contributed by atoms with Gasteiger partial charge in [0, 0.05) is 12.0 Å². The van der Waals surface area contributed by atoms with Gasteiger partial charge in [-0.05, 0) is 37.1 Å². The van der Waals surface area contributed by atoms with Crippen LogP contribution in [-0.4, -0.2) is 9.97 Å².